The van der Waals surface area contributed by atoms with Crippen LogP contribution in [0.5, 0.6) is 5.75 Å². The summed E-state index contributed by atoms with van der Waals surface area (Å²) in [6.07, 6.45) is 3.69. The molecule has 0 saturated heterocycles. The van der Waals surface area contributed by atoms with Gasteiger partial charge in [-0.1, -0.05) is 36.9 Å². The number of carbonyl (C=O) groups is 3. The maximum absolute atomic E-state index is 13.5. The number of hydrogen-bond acceptors (Lipinski definition) is 6. The van der Waals surface area contributed by atoms with Gasteiger partial charge in [-0.05, 0) is 54.2 Å². The molecule has 3 aromatic rings. The summed E-state index contributed by atoms with van der Waals surface area (Å²) in [7, 11) is 1.47. The van der Waals surface area contributed by atoms with Gasteiger partial charge in [-0.25, -0.2) is 9.78 Å². The van der Waals surface area contributed by atoms with Gasteiger partial charge in [0.25, 0.3) is 5.91 Å². The molecule has 1 fully saturated rings. The summed E-state index contributed by atoms with van der Waals surface area (Å²) in [6.45, 7) is 4.31. The van der Waals surface area contributed by atoms with Crippen LogP contribution in [0, 0.1) is 11.3 Å². The van der Waals surface area contributed by atoms with E-state index in [2.05, 4.69) is 16.9 Å². The first-order chi connectivity index (χ1) is 18.2. The zero-order valence-electron chi connectivity index (χ0n) is 20.9. The number of aromatic carboxylic acids is 1. The molecule has 1 amide bonds. The van der Waals surface area contributed by atoms with Gasteiger partial charge < -0.3 is 20.9 Å². The number of hydrogen-bond donors (Lipinski definition) is 4. The predicted molar refractivity (Wildman–Crippen MR) is 144 cm³/mol. The molecular formula is C29H28N4O5. The van der Waals surface area contributed by atoms with Crippen LogP contribution in [0.3, 0.4) is 0 Å². The Kier molecular flexibility index (Phi) is 7.66. The number of pyridine rings is 1. The van der Waals surface area contributed by atoms with Gasteiger partial charge in [0.2, 0.25) is 0 Å². The Labute approximate surface area is 219 Å². The van der Waals surface area contributed by atoms with Crippen LogP contribution in [0.25, 0.3) is 17.2 Å². The van der Waals surface area contributed by atoms with Gasteiger partial charge in [0.15, 0.2) is 11.5 Å². The van der Waals surface area contributed by atoms with Crippen molar-refractivity contribution in [2.45, 2.75) is 19.3 Å². The Morgan fingerprint density at radius 3 is 2.45 bits per heavy atom. The van der Waals surface area contributed by atoms with Gasteiger partial charge in [-0.3, -0.25) is 15.0 Å². The molecule has 1 aliphatic rings. The lowest BCUT2D eigenvalue weighted by atomic mass is 9.90. The molecule has 4 rings (SSSR count). The SMILES string of the molecule is C=Cc1cc(C(=O)Cc2ccc(C(=N)N)cc2)c(-c2ccc(C(=O)NCC3CC3)nc2C(=O)O)cc1OC. The lowest BCUT2D eigenvalue weighted by Crippen LogP contribution is -2.27. The van der Waals surface area contributed by atoms with E-state index in [1.54, 1.807) is 42.5 Å². The molecule has 0 bridgehead atoms. The highest BCUT2D eigenvalue weighted by Crippen LogP contribution is 2.34. The highest BCUT2D eigenvalue weighted by Gasteiger charge is 2.25. The van der Waals surface area contributed by atoms with Crippen molar-refractivity contribution < 1.29 is 24.2 Å². The summed E-state index contributed by atoms with van der Waals surface area (Å²) < 4.78 is 5.46. The molecule has 1 aliphatic carbocycles. The Balaban J connectivity index is 1.76. The van der Waals surface area contributed by atoms with Crippen molar-refractivity contribution in [2.24, 2.45) is 11.7 Å². The molecule has 2 aromatic carbocycles. The molecule has 0 radical (unpaired) electrons. The lowest BCUT2D eigenvalue weighted by molar-refractivity contribution is 0.0691. The number of nitrogens with one attached hydrogen (secondary N) is 2. The largest absolute Gasteiger partial charge is 0.496 e. The molecule has 38 heavy (non-hydrogen) atoms. The summed E-state index contributed by atoms with van der Waals surface area (Å²) >= 11 is 0. The van der Waals surface area contributed by atoms with E-state index in [1.807, 2.05) is 0 Å². The molecule has 0 aliphatic heterocycles. The fourth-order valence-corrected chi connectivity index (χ4v) is 4.08. The second kappa shape index (κ2) is 11.1. The van der Waals surface area contributed by atoms with E-state index in [4.69, 9.17) is 15.9 Å². The van der Waals surface area contributed by atoms with E-state index in [0.717, 1.165) is 12.8 Å². The van der Waals surface area contributed by atoms with Gasteiger partial charge in [0, 0.05) is 35.2 Å². The number of ether oxygens (including phenoxy) is 1. The Morgan fingerprint density at radius 1 is 1.16 bits per heavy atom. The third-order valence-electron chi connectivity index (χ3n) is 6.39. The lowest BCUT2D eigenvalue weighted by Gasteiger charge is -2.16. The molecular weight excluding hydrogens is 484 g/mol. The summed E-state index contributed by atoms with van der Waals surface area (Å²) in [5, 5.41) is 20.3. The molecule has 1 saturated carbocycles. The number of benzene rings is 2. The number of carboxylic acid groups (broad SMARTS) is 1. The third-order valence-corrected chi connectivity index (χ3v) is 6.39. The van der Waals surface area contributed by atoms with E-state index in [1.165, 1.54) is 19.2 Å². The number of carboxylic acids is 1. The number of amidine groups is 1. The smallest absolute Gasteiger partial charge is 0.355 e. The molecule has 1 heterocycles. The third kappa shape index (κ3) is 5.78. The summed E-state index contributed by atoms with van der Waals surface area (Å²) in [5.41, 5.74) is 7.70. The van der Waals surface area contributed by atoms with Gasteiger partial charge in [0.1, 0.15) is 17.3 Å². The predicted octanol–water partition coefficient (Wildman–Crippen LogP) is 3.95. The zero-order valence-corrected chi connectivity index (χ0v) is 20.9. The highest BCUT2D eigenvalue weighted by molar-refractivity contribution is 6.07. The Bertz CT molecular complexity index is 1440. The quantitative estimate of drug-likeness (QED) is 0.172. The van der Waals surface area contributed by atoms with Crippen LogP contribution in [0.15, 0.2) is 55.1 Å². The average Bonchev–Trinajstić information content (AvgIpc) is 3.75. The van der Waals surface area contributed by atoms with Crippen molar-refractivity contribution in [3.05, 3.63) is 88.8 Å². The second-order valence-corrected chi connectivity index (χ2v) is 9.11. The standard InChI is InChI=1S/C29H28N4O5/c1-3-18-13-22(24(34)12-16-6-8-19(9-7-16)27(30)31)21(14-25(18)38-2)20-10-11-23(33-26(20)29(36)37)28(35)32-15-17-4-5-17/h3,6-11,13-14,17H,1,4-5,12,15H2,2H3,(H3,30,31)(H,32,35)(H,36,37). The van der Waals surface area contributed by atoms with Crippen molar-refractivity contribution in [1.82, 2.24) is 10.3 Å². The maximum atomic E-state index is 13.5. The number of aromatic nitrogens is 1. The number of carbonyl (C=O) groups excluding carboxylic acids is 2. The molecule has 0 spiro atoms. The average molecular weight is 513 g/mol. The van der Waals surface area contributed by atoms with E-state index in [-0.39, 0.29) is 40.6 Å². The molecule has 5 N–H and O–H groups in total. The molecule has 9 heteroatoms. The molecule has 194 valence electrons. The number of amides is 1. The van der Waals surface area contributed by atoms with Crippen LogP contribution in [0.4, 0.5) is 0 Å². The number of nitrogens with zero attached hydrogens (tertiary/aromatic N) is 1. The van der Waals surface area contributed by atoms with Crippen LogP contribution >= 0.6 is 0 Å². The second-order valence-electron chi connectivity index (χ2n) is 9.11. The number of ketones is 1. The minimum absolute atomic E-state index is 0.0140. The van der Waals surface area contributed by atoms with Crippen LogP contribution in [-0.4, -0.2) is 47.2 Å². The van der Waals surface area contributed by atoms with Gasteiger partial charge in [-0.2, -0.15) is 0 Å². The highest BCUT2D eigenvalue weighted by atomic mass is 16.5. The van der Waals surface area contributed by atoms with Gasteiger partial charge >= 0.3 is 5.97 Å². The van der Waals surface area contributed by atoms with E-state index in [9.17, 15) is 19.5 Å². The van der Waals surface area contributed by atoms with Crippen LogP contribution in [0.2, 0.25) is 0 Å². The topological polar surface area (TPSA) is 155 Å². The monoisotopic (exact) mass is 512 g/mol. The van der Waals surface area contributed by atoms with Crippen molar-refractivity contribution in [3.8, 4) is 16.9 Å². The number of methoxy groups -OCH3 is 1. The Hall–Kier alpha value is -4.79. The van der Waals surface area contributed by atoms with Crippen molar-refractivity contribution in [3.63, 3.8) is 0 Å². The maximum Gasteiger partial charge on any atom is 0.355 e. The fraction of sp³-hybridized carbons (Fsp3) is 0.207. The van der Waals surface area contributed by atoms with E-state index in [0.29, 0.717) is 40.5 Å². The first kappa shape index (κ1) is 26.3. The van der Waals surface area contributed by atoms with Gasteiger partial charge in [-0.15, -0.1) is 0 Å². The van der Waals surface area contributed by atoms with Crippen molar-refractivity contribution in [1.29, 1.82) is 5.41 Å². The summed E-state index contributed by atoms with van der Waals surface area (Å²) in [4.78, 5) is 42.5. The Morgan fingerprint density at radius 2 is 1.87 bits per heavy atom. The molecule has 0 unspecified atom stereocenters. The number of rotatable bonds is 11. The van der Waals surface area contributed by atoms with Crippen LogP contribution in [0.1, 0.15) is 60.9 Å². The zero-order chi connectivity index (χ0) is 27.4. The van der Waals surface area contributed by atoms with Crippen molar-refractivity contribution in [2.75, 3.05) is 13.7 Å². The summed E-state index contributed by atoms with van der Waals surface area (Å²) in [5.74, 6) is -1.27. The number of Topliss-reactive ketones (excluding diaryl/α,β-unsaturated/α-hetero) is 1. The molecule has 9 nitrogen and oxygen atoms in total. The molecule has 0 atom stereocenters. The first-order valence-electron chi connectivity index (χ1n) is 12.1. The molecule has 1 aromatic heterocycles. The normalized spacial score (nSPS) is 12.4. The fourth-order valence-electron chi connectivity index (χ4n) is 4.08. The van der Waals surface area contributed by atoms with Gasteiger partial charge in [0.05, 0.1) is 7.11 Å². The van der Waals surface area contributed by atoms with Crippen LogP contribution in [-0.2, 0) is 6.42 Å². The first-order valence-corrected chi connectivity index (χ1v) is 12.1. The number of nitrogen functional groups attached to an aromatic ring is 1. The minimum Gasteiger partial charge on any atom is -0.496 e. The van der Waals surface area contributed by atoms with E-state index < -0.39 is 11.9 Å². The van der Waals surface area contributed by atoms with E-state index >= 15 is 0 Å². The summed E-state index contributed by atoms with van der Waals surface area (Å²) in [6, 6.07) is 12.9. The van der Waals surface area contributed by atoms with Crippen molar-refractivity contribution >= 4 is 29.6 Å². The minimum atomic E-state index is -1.33. The number of nitrogens with two attached hydrogens (primary N) is 1. The van der Waals surface area contributed by atoms with Crippen LogP contribution < -0.4 is 15.8 Å².